The second kappa shape index (κ2) is 5.24. The lowest BCUT2D eigenvalue weighted by Crippen LogP contribution is -2.46. The van der Waals surface area contributed by atoms with Crippen LogP contribution in [0.4, 0.5) is 0 Å². The molecule has 0 saturated heterocycles. The number of nitrogens with one attached hydrogen (secondary N) is 1. The van der Waals surface area contributed by atoms with E-state index in [0.29, 0.717) is 0 Å². The van der Waals surface area contributed by atoms with Crippen molar-refractivity contribution in [2.75, 3.05) is 7.11 Å². The molecule has 0 heterocycles. The third kappa shape index (κ3) is 4.40. The summed E-state index contributed by atoms with van der Waals surface area (Å²) in [6.07, 6.45) is 0. The molecular formula is C9H15B2NO3. The standard InChI is InChI=1S/C9H15B2NO3/c1-5(13)12-6(8(14)15-4)7(10)9(2,3)11/h6-7H,1-4H3,(H,12,13). The van der Waals surface area contributed by atoms with Crippen LogP contribution in [0.1, 0.15) is 20.8 Å². The number of rotatable bonds is 4. The van der Waals surface area contributed by atoms with Crippen molar-refractivity contribution in [3.05, 3.63) is 0 Å². The van der Waals surface area contributed by atoms with Gasteiger partial charge in [0.25, 0.3) is 0 Å². The summed E-state index contributed by atoms with van der Waals surface area (Å²) in [5.74, 6) is -1.67. The zero-order chi connectivity index (χ0) is 12.2. The number of amides is 1. The zero-order valence-electron chi connectivity index (χ0n) is 9.53. The van der Waals surface area contributed by atoms with Gasteiger partial charge in [0, 0.05) is 6.92 Å². The van der Waals surface area contributed by atoms with Crippen molar-refractivity contribution in [2.24, 2.45) is 0 Å². The van der Waals surface area contributed by atoms with Gasteiger partial charge < -0.3 is 10.1 Å². The summed E-state index contributed by atoms with van der Waals surface area (Å²) in [6, 6.07) is -0.924. The summed E-state index contributed by atoms with van der Waals surface area (Å²) >= 11 is 0. The lowest BCUT2D eigenvalue weighted by Gasteiger charge is -2.33. The molecule has 80 valence electrons. The van der Waals surface area contributed by atoms with Crippen LogP contribution in [0, 0.1) is 0 Å². The fourth-order valence-electron chi connectivity index (χ4n) is 1.07. The molecule has 1 amide bonds. The molecule has 0 aliphatic carbocycles. The number of esters is 1. The van der Waals surface area contributed by atoms with E-state index in [-0.39, 0.29) is 5.91 Å². The summed E-state index contributed by atoms with van der Waals surface area (Å²) in [5.41, 5.74) is 0. The number of carbonyl (C=O) groups excluding carboxylic acids is 2. The quantitative estimate of drug-likeness (QED) is 0.520. The minimum absolute atomic E-state index is 0.356. The second-order valence-electron chi connectivity index (χ2n) is 4.05. The Balaban J connectivity index is 4.78. The van der Waals surface area contributed by atoms with Crippen molar-refractivity contribution in [2.45, 2.75) is 37.9 Å². The maximum atomic E-state index is 11.4. The average molecular weight is 207 g/mol. The van der Waals surface area contributed by atoms with E-state index in [1.807, 2.05) is 0 Å². The number of methoxy groups -OCH3 is 1. The Labute approximate surface area is 92.9 Å². The third-order valence-electron chi connectivity index (χ3n) is 2.03. The Morgan fingerprint density at radius 1 is 1.40 bits per heavy atom. The lowest BCUT2D eigenvalue weighted by molar-refractivity contribution is -0.145. The SMILES string of the molecule is [B]C(C(NC(C)=O)C(=O)OC)C([B])(C)C. The van der Waals surface area contributed by atoms with Crippen LogP contribution in [-0.4, -0.2) is 40.7 Å². The Morgan fingerprint density at radius 3 is 2.13 bits per heavy atom. The molecule has 0 saturated carbocycles. The van der Waals surface area contributed by atoms with Gasteiger partial charge in [-0.2, -0.15) is 0 Å². The minimum atomic E-state index is -0.924. The average Bonchev–Trinajstić information content (AvgIpc) is 2.10. The van der Waals surface area contributed by atoms with E-state index < -0.39 is 23.1 Å². The van der Waals surface area contributed by atoms with Gasteiger partial charge in [-0.3, -0.25) is 4.79 Å². The van der Waals surface area contributed by atoms with Crippen molar-refractivity contribution in [3.8, 4) is 0 Å². The van der Waals surface area contributed by atoms with Crippen LogP contribution in [0.3, 0.4) is 0 Å². The van der Waals surface area contributed by atoms with Gasteiger partial charge in [-0.1, -0.05) is 19.2 Å². The maximum absolute atomic E-state index is 11.4. The van der Waals surface area contributed by atoms with Crippen LogP contribution in [0.25, 0.3) is 0 Å². The van der Waals surface area contributed by atoms with Crippen LogP contribution >= 0.6 is 0 Å². The predicted molar refractivity (Wildman–Crippen MR) is 58.9 cm³/mol. The van der Waals surface area contributed by atoms with Crippen LogP contribution < -0.4 is 5.32 Å². The molecule has 1 N–H and O–H groups in total. The first kappa shape index (κ1) is 14.1. The Bertz CT molecular complexity index is 250. The fraction of sp³-hybridized carbons (Fsp3) is 0.778. The fourth-order valence-corrected chi connectivity index (χ4v) is 1.07. The molecule has 4 nitrogen and oxygen atoms in total. The van der Waals surface area contributed by atoms with E-state index in [4.69, 9.17) is 15.7 Å². The lowest BCUT2D eigenvalue weighted by atomic mass is 9.54. The van der Waals surface area contributed by atoms with Crippen molar-refractivity contribution in [1.82, 2.24) is 5.32 Å². The molecule has 4 radical (unpaired) electrons. The van der Waals surface area contributed by atoms with E-state index in [2.05, 4.69) is 10.1 Å². The highest BCUT2D eigenvalue weighted by atomic mass is 16.5. The Morgan fingerprint density at radius 2 is 1.87 bits per heavy atom. The summed E-state index contributed by atoms with van der Waals surface area (Å²) in [7, 11) is 12.8. The molecule has 15 heavy (non-hydrogen) atoms. The molecular weight excluding hydrogens is 192 g/mol. The Kier molecular flexibility index (Phi) is 4.91. The summed E-state index contributed by atoms with van der Waals surface area (Å²) in [5, 5.41) is 1.63. The third-order valence-corrected chi connectivity index (χ3v) is 2.03. The molecule has 2 atom stereocenters. The summed E-state index contributed by atoms with van der Waals surface area (Å²) < 4.78 is 4.54. The van der Waals surface area contributed by atoms with Crippen molar-refractivity contribution in [3.63, 3.8) is 0 Å². The smallest absolute Gasteiger partial charge is 0.327 e. The largest absolute Gasteiger partial charge is 0.467 e. The van der Waals surface area contributed by atoms with Crippen LogP contribution in [0.5, 0.6) is 0 Å². The highest BCUT2D eigenvalue weighted by molar-refractivity contribution is 6.25. The van der Waals surface area contributed by atoms with Gasteiger partial charge in [-0.05, 0) is 5.82 Å². The number of hydrogen-bond donors (Lipinski definition) is 1. The minimum Gasteiger partial charge on any atom is -0.467 e. The molecule has 0 aliphatic heterocycles. The van der Waals surface area contributed by atoms with Crippen molar-refractivity contribution >= 4 is 27.6 Å². The molecule has 0 aromatic carbocycles. The first-order valence-corrected chi connectivity index (χ1v) is 4.59. The van der Waals surface area contributed by atoms with Crippen LogP contribution in [0.2, 0.25) is 11.1 Å². The second-order valence-corrected chi connectivity index (χ2v) is 4.05. The Hall–Kier alpha value is -0.930. The monoisotopic (exact) mass is 207 g/mol. The van der Waals surface area contributed by atoms with Gasteiger partial charge in [0.15, 0.2) is 0 Å². The molecule has 0 aromatic rings. The summed E-state index contributed by atoms with van der Waals surface area (Å²) in [4.78, 5) is 22.3. The van der Waals surface area contributed by atoms with Gasteiger partial charge in [0.2, 0.25) is 5.91 Å². The topological polar surface area (TPSA) is 55.4 Å². The van der Waals surface area contributed by atoms with Gasteiger partial charge >= 0.3 is 5.97 Å². The van der Waals surface area contributed by atoms with Crippen molar-refractivity contribution < 1.29 is 14.3 Å². The molecule has 0 spiro atoms. The predicted octanol–water partition coefficient (Wildman–Crippen LogP) is -0.0119. The van der Waals surface area contributed by atoms with Crippen LogP contribution in [-0.2, 0) is 14.3 Å². The molecule has 6 heteroatoms. The van der Waals surface area contributed by atoms with E-state index in [1.165, 1.54) is 14.0 Å². The summed E-state index contributed by atoms with van der Waals surface area (Å²) in [6.45, 7) is 4.65. The van der Waals surface area contributed by atoms with E-state index in [9.17, 15) is 9.59 Å². The maximum Gasteiger partial charge on any atom is 0.327 e. The highest BCUT2D eigenvalue weighted by Gasteiger charge is 2.33. The molecule has 0 aromatic heterocycles. The normalized spacial score (nSPS) is 15.2. The zero-order valence-corrected chi connectivity index (χ0v) is 9.53. The first-order valence-electron chi connectivity index (χ1n) is 4.59. The highest BCUT2D eigenvalue weighted by Crippen LogP contribution is 2.35. The molecule has 0 aliphatic rings. The van der Waals surface area contributed by atoms with Gasteiger partial charge in [0.05, 0.1) is 22.8 Å². The number of ether oxygens (including phenoxy) is 1. The molecule has 0 fully saturated rings. The van der Waals surface area contributed by atoms with E-state index in [1.54, 1.807) is 13.8 Å². The van der Waals surface area contributed by atoms with Gasteiger partial charge in [-0.15, -0.1) is 0 Å². The number of hydrogen-bond acceptors (Lipinski definition) is 3. The van der Waals surface area contributed by atoms with E-state index >= 15 is 0 Å². The molecule has 0 rings (SSSR count). The van der Waals surface area contributed by atoms with Crippen LogP contribution in [0.15, 0.2) is 0 Å². The molecule has 2 unspecified atom stereocenters. The van der Waals surface area contributed by atoms with Gasteiger partial charge in [0.1, 0.15) is 6.04 Å². The van der Waals surface area contributed by atoms with Crippen molar-refractivity contribution in [1.29, 1.82) is 0 Å². The molecule has 0 bridgehead atoms. The van der Waals surface area contributed by atoms with E-state index in [0.717, 1.165) is 0 Å². The number of carbonyl (C=O) groups is 2. The van der Waals surface area contributed by atoms with Gasteiger partial charge in [-0.25, -0.2) is 4.79 Å². The first-order chi connectivity index (χ1) is 6.70.